The Hall–Kier alpha value is -1.69. The first-order chi connectivity index (χ1) is 8.16. The highest BCUT2D eigenvalue weighted by molar-refractivity contribution is 5.37. The number of ether oxygens (including phenoxy) is 2. The van der Waals surface area contributed by atoms with Crippen LogP contribution in [0.4, 0.5) is 10.1 Å². The minimum Gasteiger partial charge on any atom is -0.465 e. The van der Waals surface area contributed by atoms with Gasteiger partial charge in [0.1, 0.15) is 5.75 Å². The second-order valence-electron chi connectivity index (χ2n) is 3.78. The van der Waals surface area contributed by atoms with E-state index >= 15 is 0 Å². The standard InChI is InChI=1S/C11H12FNO4/c12-9-7-8(4-5-10(9)13(14)15)17-11-3-1-2-6-16-11/h4-5,7,11H,1-3,6H2/t11-/m0/s1. The van der Waals surface area contributed by atoms with Crippen molar-refractivity contribution in [3.05, 3.63) is 34.1 Å². The molecule has 0 aromatic heterocycles. The normalized spacial score (nSPS) is 19.9. The lowest BCUT2D eigenvalue weighted by Crippen LogP contribution is -2.25. The molecule has 92 valence electrons. The van der Waals surface area contributed by atoms with Gasteiger partial charge in [-0.3, -0.25) is 10.1 Å². The van der Waals surface area contributed by atoms with Gasteiger partial charge in [-0.25, -0.2) is 0 Å². The van der Waals surface area contributed by atoms with Crippen LogP contribution in [-0.2, 0) is 4.74 Å². The summed E-state index contributed by atoms with van der Waals surface area (Å²) in [5, 5.41) is 10.4. The molecule has 1 atom stereocenters. The predicted molar refractivity (Wildman–Crippen MR) is 57.3 cm³/mol. The number of rotatable bonds is 3. The lowest BCUT2D eigenvalue weighted by Gasteiger charge is -2.23. The molecule has 1 aromatic carbocycles. The molecular formula is C11H12FNO4. The molecule has 6 heteroatoms. The molecule has 1 fully saturated rings. The van der Waals surface area contributed by atoms with Crippen LogP contribution in [0.1, 0.15) is 19.3 Å². The van der Waals surface area contributed by atoms with E-state index in [1.807, 2.05) is 0 Å². The Balaban J connectivity index is 2.06. The zero-order valence-corrected chi connectivity index (χ0v) is 9.10. The van der Waals surface area contributed by atoms with Crippen LogP contribution < -0.4 is 4.74 Å². The van der Waals surface area contributed by atoms with Crippen molar-refractivity contribution in [2.75, 3.05) is 6.61 Å². The third-order valence-electron chi connectivity index (χ3n) is 2.52. The Bertz CT molecular complexity index is 418. The molecule has 0 aliphatic carbocycles. The molecule has 5 nitrogen and oxygen atoms in total. The van der Waals surface area contributed by atoms with Crippen molar-refractivity contribution < 1.29 is 18.8 Å². The van der Waals surface area contributed by atoms with Crippen LogP contribution in [-0.4, -0.2) is 17.8 Å². The Morgan fingerprint density at radius 1 is 1.47 bits per heavy atom. The Labute approximate surface area is 97.3 Å². The number of hydrogen-bond acceptors (Lipinski definition) is 4. The quantitative estimate of drug-likeness (QED) is 0.602. The molecule has 0 spiro atoms. The van der Waals surface area contributed by atoms with Gasteiger partial charge in [0.15, 0.2) is 6.29 Å². The summed E-state index contributed by atoms with van der Waals surface area (Å²) in [4.78, 5) is 9.66. The molecule has 0 saturated carbocycles. The van der Waals surface area contributed by atoms with Crippen molar-refractivity contribution in [1.82, 2.24) is 0 Å². The van der Waals surface area contributed by atoms with E-state index in [0.29, 0.717) is 6.61 Å². The van der Waals surface area contributed by atoms with E-state index in [2.05, 4.69) is 0 Å². The molecule has 2 rings (SSSR count). The van der Waals surface area contributed by atoms with Gasteiger partial charge in [-0.1, -0.05) is 0 Å². The average molecular weight is 241 g/mol. The van der Waals surface area contributed by atoms with Gasteiger partial charge >= 0.3 is 5.69 Å². The van der Waals surface area contributed by atoms with E-state index in [1.165, 1.54) is 6.07 Å². The monoisotopic (exact) mass is 241 g/mol. The molecular weight excluding hydrogens is 229 g/mol. The molecule has 0 amide bonds. The Morgan fingerprint density at radius 2 is 2.29 bits per heavy atom. The smallest absolute Gasteiger partial charge is 0.305 e. The first kappa shape index (κ1) is 11.8. The first-order valence-electron chi connectivity index (χ1n) is 5.39. The van der Waals surface area contributed by atoms with Crippen molar-refractivity contribution in [3.63, 3.8) is 0 Å². The van der Waals surface area contributed by atoms with Crippen LogP contribution >= 0.6 is 0 Å². The molecule has 1 heterocycles. The van der Waals surface area contributed by atoms with Gasteiger partial charge in [0.2, 0.25) is 5.82 Å². The summed E-state index contributed by atoms with van der Waals surface area (Å²) in [5.74, 6) is -0.650. The third kappa shape index (κ3) is 2.91. The Kier molecular flexibility index (Phi) is 3.53. The third-order valence-corrected chi connectivity index (χ3v) is 2.52. The van der Waals surface area contributed by atoms with Gasteiger partial charge in [-0.15, -0.1) is 0 Å². The van der Waals surface area contributed by atoms with Gasteiger partial charge in [0.05, 0.1) is 11.5 Å². The highest BCUT2D eigenvalue weighted by Crippen LogP contribution is 2.24. The lowest BCUT2D eigenvalue weighted by molar-refractivity contribution is -0.387. The van der Waals surface area contributed by atoms with E-state index in [1.54, 1.807) is 0 Å². The topological polar surface area (TPSA) is 61.6 Å². The summed E-state index contributed by atoms with van der Waals surface area (Å²) in [6.45, 7) is 0.625. The molecule has 0 N–H and O–H groups in total. The molecule has 0 bridgehead atoms. The predicted octanol–water partition coefficient (Wildman–Crippen LogP) is 2.64. The fraction of sp³-hybridized carbons (Fsp3) is 0.455. The molecule has 1 saturated heterocycles. The molecule has 1 aliphatic rings. The van der Waals surface area contributed by atoms with Gasteiger partial charge in [-0.2, -0.15) is 4.39 Å². The maximum atomic E-state index is 13.3. The van der Waals surface area contributed by atoms with E-state index in [9.17, 15) is 14.5 Å². The second-order valence-corrected chi connectivity index (χ2v) is 3.78. The first-order valence-corrected chi connectivity index (χ1v) is 5.39. The average Bonchev–Trinajstić information content (AvgIpc) is 2.30. The molecule has 0 unspecified atom stereocenters. The van der Waals surface area contributed by atoms with E-state index < -0.39 is 16.4 Å². The van der Waals surface area contributed by atoms with Crippen LogP contribution in [0.2, 0.25) is 0 Å². The van der Waals surface area contributed by atoms with Crippen molar-refractivity contribution in [2.24, 2.45) is 0 Å². The van der Waals surface area contributed by atoms with E-state index in [0.717, 1.165) is 31.4 Å². The summed E-state index contributed by atoms with van der Waals surface area (Å²) in [6, 6.07) is 3.47. The summed E-state index contributed by atoms with van der Waals surface area (Å²) in [5.41, 5.74) is -0.554. The number of hydrogen-bond donors (Lipinski definition) is 0. The highest BCUT2D eigenvalue weighted by atomic mass is 19.1. The second kappa shape index (κ2) is 5.09. The van der Waals surface area contributed by atoms with Gasteiger partial charge in [-0.05, 0) is 18.9 Å². The Morgan fingerprint density at radius 3 is 2.88 bits per heavy atom. The number of benzene rings is 1. The number of halogens is 1. The summed E-state index contributed by atoms with van der Waals surface area (Å²) < 4.78 is 24.0. The highest BCUT2D eigenvalue weighted by Gasteiger charge is 2.18. The lowest BCUT2D eigenvalue weighted by atomic mass is 10.2. The minimum atomic E-state index is -0.900. The molecule has 0 radical (unpaired) electrons. The zero-order chi connectivity index (χ0) is 12.3. The van der Waals surface area contributed by atoms with Crippen LogP contribution in [0.3, 0.4) is 0 Å². The summed E-state index contributed by atoms with van der Waals surface area (Å²) in [7, 11) is 0. The maximum Gasteiger partial charge on any atom is 0.305 e. The number of nitro benzene ring substituents is 1. The molecule has 1 aliphatic heterocycles. The van der Waals surface area contributed by atoms with Crippen LogP contribution in [0.15, 0.2) is 18.2 Å². The van der Waals surface area contributed by atoms with Gasteiger partial charge in [0.25, 0.3) is 0 Å². The maximum absolute atomic E-state index is 13.3. The summed E-state index contributed by atoms with van der Waals surface area (Å²) in [6.07, 6.45) is 2.36. The van der Waals surface area contributed by atoms with Crippen molar-refractivity contribution in [3.8, 4) is 5.75 Å². The minimum absolute atomic E-state index is 0.250. The molecule has 17 heavy (non-hydrogen) atoms. The summed E-state index contributed by atoms with van der Waals surface area (Å²) >= 11 is 0. The molecule has 1 aromatic rings. The van der Waals surface area contributed by atoms with Crippen LogP contribution in [0.25, 0.3) is 0 Å². The van der Waals surface area contributed by atoms with Crippen LogP contribution in [0.5, 0.6) is 5.75 Å². The van der Waals surface area contributed by atoms with E-state index in [-0.39, 0.29) is 12.0 Å². The zero-order valence-electron chi connectivity index (χ0n) is 9.10. The number of nitrogens with zero attached hydrogens (tertiary/aromatic N) is 1. The van der Waals surface area contributed by atoms with Gasteiger partial charge in [0, 0.05) is 18.6 Å². The number of nitro groups is 1. The van der Waals surface area contributed by atoms with Crippen molar-refractivity contribution in [2.45, 2.75) is 25.6 Å². The van der Waals surface area contributed by atoms with Crippen molar-refractivity contribution >= 4 is 5.69 Å². The van der Waals surface area contributed by atoms with Crippen LogP contribution in [0, 0.1) is 15.9 Å². The fourth-order valence-corrected chi connectivity index (χ4v) is 1.66. The fourth-order valence-electron chi connectivity index (χ4n) is 1.66. The van der Waals surface area contributed by atoms with Gasteiger partial charge < -0.3 is 9.47 Å². The van der Waals surface area contributed by atoms with E-state index in [4.69, 9.17) is 9.47 Å². The van der Waals surface area contributed by atoms with Crippen molar-refractivity contribution in [1.29, 1.82) is 0 Å². The largest absolute Gasteiger partial charge is 0.465 e. The SMILES string of the molecule is O=[N+]([O-])c1ccc(O[C@H]2CCCCO2)cc1F.